The Morgan fingerprint density at radius 3 is 2.60 bits per heavy atom. The highest BCUT2D eigenvalue weighted by Gasteiger charge is 2.24. The summed E-state index contributed by atoms with van der Waals surface area (Å²) >= 11 is 5.95. The lowest BCUT2D eigenvalue weighted by molar-refractivity contribution is -0.122. The first-order chi connectivity index (χ1) is 6.79. The molecule has 0 aliphatic rings. The van der Waals surface area contributed by atoms with Gasteiger partial charge in [0.05, 0.1) is 6.20 Å². The van der Waals surface area contributed by atoms with Gasteiger partial charge in [-0.3, -0.25) is 4.79 Å². The molecule has 0 saturated carbocycles. The molecule has 1 aromatic rings. The maximum absolute atomic E-state index is 11.6. The summed E-state index contributed by atoms with van der Waals surface area (Å²) < 4.78 is 0. The van der Waals surface area contributed by atoms with Crippen LogP contribution in [0.1, 0.15) is 31.8 Å². The van der Waals surface area contributed by atoms with Crippen molar-refractivity contribution in [3.63, 3.8) is 0 Å². The van der Waals surface area contributed by atoms with Crippen LogP contribution >= 0.6 is 11.6 Å². The monoisotopic (exact) mass is 230 g/mol. The smallest absolute Gasteiger partial charge is 0.244 e. The Kier molecular flexibility index (Phi) is 3.34. The number of hydrogen-bond donors (Lipinski definition) is 1. The van der Waals surface area contributed by atoms with Gasteiger partial charge in [-0.05, 0) is 20.8 Å². The number of halogens is 1. The van der Waals surface area contributed by atoms with Crippen LogP contribution in [0.4, 0.5) is 0 Å². The van der Waals surface area contributed by atoms with E-state index in [1.165, 1.54) is 11.0 Å². The third-order valence-electron chi connectivity index (χ3n) is 1.61. The molecule has 5 nitrogen and oxygen atoms in total. The second-order valence-electron chi connectivity index (χ2n) is 4.36. The lowest BCUT2D eigenvalue weighted by atomic mass is 10.1. The van der Waals surface area contributed by atoms with Gasteiger partial charge in [0.15, 0.2) is 5.38 Å². The van der Waals surface area contributed by atoms with Crippen LogP contribution in [0, 0.1) is 0 Å². The van der Waals surface area contributed by atoms with Crippen molar-refractivity contribution >= 4 is 17.5 Å². The Morgan fingerprint density at radius 1 is 1.60 bits per heavy atom. The molecule has 0 bridgehead atoms. The SMILES string of the molecule is Cn1ncc(C(Cl)C(=O)NC(C)(C)C)n1. The average Bonchev–Trinajstić information content (AvgIpc) is 2.47. The lowest BCUT2D eigenvalue weighted by Gasteiger charge is -2.21. The Hall–Kier alpha value is -1.10. The number of carbonyl (C=O) groups excluding carboxylic acids is 1. The molecule has 1 aromatic heterocycles. The van der Waals surface area contributed by atoms with E-state index in [1.807, 2.05) is 20.8 Å². The molecular weight excluding hydrogens is 216 g/mol. The van der Waals surface area contributed by atoms with Gasteiger partial charge in [0.25, 0.3) is 0 Å². The standard InChI is InChI=1S/C9H15ClN4O/c1-9(2,3)12-8(15)7(10)6-5-11-14(4)13-6/h5,7H,1-4H3,(H,12,15). The number of aromatic nitrogens is 3. The highest BCUT2D eigenvalue weighted by Crippen LogP contribution is 2.18. The Labute approximate surface area is 93.8 Å². The van der Waals surface area contributed by atoms with Gasteiger partial charge in [-0.25, -0.2) is 0 Å². The summed E-state index contributed by atoms with van der Waals surface area (Å²) in [5.41, 5.74) is 0.160. The number of hydrogen-bond acceptors (Lipinski definition) is 3. The quantitative estimate of drug-likeness (QED) is 0.772. The fourth-order valence-corrected chi connectivity index (χ4v) is 1.20. The van der Waals surface area contributed by atoms with Crippen LogP contribution in [0.3, 0.4) is 0 Å². The third-order valence-corrected chi connectivity index (χ3v) is 2.03. The molecule has 6 heteroatoms. The first kappa shape index (κ1) is 12.0. The zero-order chi connectivity index (χ0) is 11.6. The second kappa shape index (κ2) is 4.18. The molecule has 1 amide bonds. The average molecular weight is 231 g/mol. The van der Waals surface area contributed by atoms with E-state index < -0.39 is 5.38 Å². The van der Waals surface area contributed by atoms with Crippen molar-refractivity contribution in [2.24, 2.45) is 7.05 Å². The van der Waals surface area contributed by atoms with Crippen LogP contribution in [-0.2, 0) is 11.8 Å². The highest BCUT2D eigenvalue weighted by molar-refractivity contribution is 6.30. The highest BCUT2D eigenvalue weighted by atomic mass is 35.5. The van der Waals surface area contributed by atoms with E-state index in [1.54, 1.807) is 7.05 Å². The van der Waals surface area contributed by atoms with Crippen LogP contribution in [-0.4, -0.2) is 26.4 Å². The minimum atomic E-state index is -0.794. The van der Waals surface area contributed by atoms with Crippen LogP contribution in [0.5, 0.6) is 0 Å². The molecule has 15 heavy (non-hydrogen) atoms. The summed E-state index contributed by atoms with van der Waals surface area (Å²) in [7, 11) is 1.68. The Balaban J connectivity index is 2.69. The molecule has 1 unspecified atom stereocenters. The first-order valence-electron chi connectivity index (χ1n) is 4.62. The van der Waals surface area contributed by atoms with Crippen LogP contribution in [0.15, 0.2) is 6.20 Å². The topological polar surface area (TPSA) is 59.8 Å². The van der Waals surface area contributed by atoms with Crippen molar-refractivity contribution in [1.29, 1.82) is 0 Å². The molecule has 1 N–H and O–H groups in total. The molecule has 1 heterocycles. The summed E-state index contributed by atoms with van der Waals surface area (Å²) in [5.74, 6) is -0.260. The van der Waals surface area contributed by atoms with Crippen LogP contribution < -0.4 is 5.32 Å². The molecule has 0 radical (unpaired) electrons. The molecule has 84 valence electrons. The maximum atomic E-state index is 11.6. The molecular formula is C9H15ClN4O. The molecule has 0 spiro atoms. The van der Waals surface area contributed by atoms with Gasteiger partial charge in [-0.2, -0.15) is 15.0 Å². The normalized spacial score (nSPS) is 13.7. The third kappa shape index (κ3) is 3.51. The molecule has 1 rings (SSSR count). The van der Waals surface area contributed by atoms with E-state index in [4.69, 9.17) is 11.6 Å². The summed E-state index contributed by atoms with van der Waals surface area (Å²) in [6.07, 6.45) is 1.49. The van der Waals surface area contributed by atoms with Gasteiger partial charge in [-0.15, -0.1) is 11.6 Å². The molecule has 0 aliphatic heterocycles. The lowest BCUT2D eigenvalue weighted by Crippen LogP contribution is -2.42. The minimum Gasteiger partial charge on any atom is -0.350 e. The van der Waals surface area contributed by atoms with Crippen LogP contribution in [0.25, 0.3) is 0 Å². The predicted octanol–water partition coefficient (Wildman–Crippen LogP) is 1.01. The predicted molar refractivity (Wildman–Crippen MR) is 57.5 cm³/mol. The fraction of sp³-hybridized carbons (Fsp3) is 0.667. The van der Waals surface area contributed by atoms with Crippen molar-refractivity contribution in [1.82, 2.24) is 20.3 Å². The Bertz CT molecular complexity index is 355. The van der Waals surface area contributed by atoms with E-state index in [0.717, 1.165) is 0 Å². The van der Waals surface area contributed by atoms with Crippen molar-refractivity contribution in [3.8, 4) is 0 Å². The number of carbonyl (C=O) groups is 1. The van der Waals surface area contributed by atoms with Crippen molar-refractivity contribution in [2.45, 2.75) is 31.7 Å². The number of nitrogens with one attached hydrogen (secondary N) is 1. The van der Waals surface area contributed by atoms with E-state index in [0.29, 0.717) is 5.69 Å². The minimum absolute atomic E-state index is 0.260. The molecule has 1 atom stereocenters. The van der Waals surface area contributed by atoms with Crippen molar-refractivity contribution in [2.75, 3.05) is 0 Å². The van der Waals surface area contributed by atoms with E-state index in [9.17, 15) is 4.79 Å². The number of nitrogens with zero attached hydrogens (tertiary/aromatic N) is 3. The van der Waals surface area contributed by atoms with Gasteiger partial charge in [0, 0.05) is 12.6 Å². The summed E-state index contributed by atoms with van der Waals surface area (Å²) in [6.45, 7) is 5.68. The number of alkyl halides is 1. The van der Waals surface area contributed by atoms with E-state index in [-0.39, 0.29) is 11.4 Å². The zero-order valence-corrected chi connectivity index (χ0v) is 10.0. The second-order valence-corrected chi connectivity index (χ2v) is 4.80. The van der Waals surface area contributed by atoms with Crippen molar-refractivity contribution < 1.29 is 4.79 Å². The molecule has 0 aromatic carbocycles. The zero-order valence-electron chi connectivity index (χ0n) is 9.28. The molecule has 0 aliphatic carbocycles. The van der Waals surface area contributed by atoms with Crippen LogP contribution in [0.2, 0.25) is 0 Å². The van der Waals surface area contributed by atoms with Crippen molar-refractivity contribution in [3.05, 3.63) is 11.9 Å². The van der Waals surface area contributed by atoms with E-state index >= 15 is 0 Å². The largest absolute Gasteiger partial charge is 0.350 e. The Morgan fingerprint density at radius 2 is 2.20 bits per heavy atom. The summed E-state index contributed by atoms with van der Waals surface area (Å²) in [5, 5.41) is 9.82. The number of aryl methyl sites for hydroxylation is 1. The van der Waals surface area contributed by atoms with Gasteiger partial charge in [0.1, 0.15) is 5.69 Å². The fourth-order valence-electron chi connectivity index (χ4n) is 1.04. The van der Waals surface area contributed by atoms with E-state index in [2.05, 4.69) is 15.5 Å². The first-order valence-corrected chi connectivity index (χ1v) is 5.05. The van der Waals surface area contributed by atoms with Gasteiger partial charge >= 0.3 is 0 Å². The summed E-state index contributed by atoms with van der Waals surface area (Å²) in [6, 6.07) is 0. The molecule has 0 saturated heterocycles. The number of amides is 1. The summed E-state index contributed by atoms with van der Waals surface area (Å²) in [4.78, 5) is 13.0. The maximum Gasteiger partial charge on any atom is 0.244 e. The van der Waals surface area contributed by atoms with Gasteiger partial charge in [0.2, 0.25) is 5.91 Å². The number of rotatable bonds is 2. The van der Waals surface area contributed by atoms with Gasteiger partial charge < -0.3 is 5.32 Å². The van der Waals surface area contributed by atoms with Gasteiger partial charge in [-0.1, -0.05) is 0 Å². The molecule has 0 fully saturated rings.